The zero-order valence-corrected chi connectivity index (χ0v) is 14.1. The highest BCUT2D eigenvalue weighted by atomic mass is 32.1. The van der Waals surface area contributed by atoms with Crippen molar-refractivity contribution in [3.63, 3.8) is 0 Å². The Morgan fingerprint density at radius 2 is 2.13 bits per heavy atom. The van der Waals surface area contributed by atoms with Crippen LogP contribution in [0.15, 0.2) is 24.3 Å². The lowest BCUT2D eigenvalue weighted by Gasteiger charge is -2.18. The van der Waals surface area contributed by atoms with Gasteiger partial charge in [0.05, 0.1) is 5.56 Å². The molecule has 0 saturated heterocycles. The second-order valence-electron chi connectivity index (χ2n) is 6.24. The number of thiophene rings is 1. The van der Waals surface area contributed by atoms with Gasteiger partial charge in [-0.25, -0.2) is 0 Å². The highest BCUT2D eigenvalue weighted by Gasteiger charge is 2.27. The average Bonchev–Trinajstić information content (AvgIpc) is 2.84. The molecule has 0 saturated carbocycles. The summed E-state index contributed by atoms with van der Waals surface area (Å²) < 4.78 is 0. The predicted octanol–water partition coefficient (Wildman–Crippen LogP) is 3.53. The van der Waals surface area contributed by atoms with Crippen molar-refractivity contribution in [2.45, 2.75) is 33.1 Å². The zero-order chi connectivity index (χ0) is 16.6. The summed E-state index contributed by atoms with van der Waals surface area (Å²) in [6.07, 6.45) is 2.85. The Hall–Kier alpha value is -2.14. The van der Waals surface area contributed by atoms with E-state index in [1.807, 2.05) is 25.1 Å². The summed E-state index contributed by atoms with van der Waals surface area (Å²) in [5.41, 5.74) is 8.70. The monoisotopic (exact) mass is 328 g/mol. The van der Waals surface area contributed by atoms with Crippen molar-refractivity contribution in [3.8, 4) is 0 Å². The number of rotatable bonds is 3. The molecule has 0 unspecified atom stereocenters. The molecule has 0 fully saturated rings. The van der Waals surface area contributed by atoms with E-state index in [1.165, 1.54) is 16.2 Å². The molecule has 3 rings (SSSR count). The molecule has 3 N–H and O–H groups in total. The Kier molecular flexibility index (Phi) is 4.22. The van der Waals surface area contributed by atoms with E-state index in [9.17, 15) is 9.59 Å². The van der Waals surface area contributed by atoms with Crippen molar-refractivity contribution in [1.29, 1.82) is 0 Å². The molecule has 0 radical (unpaired) electrons. The fourth-order valence-corrected chi connectivity index (χ4v) is 4.47. The molecule has 0 bridgehead atoms. The number of aryl methyl sites for hydroxylation is 1. The molecule has 120 valence electrons. The number of nitrogens with one attached hydrogen (secondary N) is 1. The van der Waals surface area contributed by atoms with E-state index in [1.54, 1.807) is 6.07 Å². The van der Waals surface area contributed by atoms with Gasteiger partial charge in [-0.1, -0.05) is 24.6 Å². The van der Waals surface area contributed by atoms with E-state index in [0.29, 0.717) is 22.0 Å². The molecule has 5 heteroatoms. The van der Waals surface area contributed by atoms with E-state index in [4.69, 9.17) is 5.73 Å². The summed E-state index contributed by atoms with van der Waals surface area (Å²) in [7, 11) is 0. The Morgan fingerprint density at radius 3 is 2.83 bits per heavy atom. The van der Waals surface area contributed by atoms with Crippen LogP contribution in [-0.4, -0.2) is 11.8 Å². The van der Waals surface area contributed by atoms with E-state index in [-0.39, 0.29) is 5.91 Å². The molecular formula is C18H20N2O2S. The molecule has 1 aliphatic carbocycles. The second-order valence-corrected chi connectivity index (χ2v) is 7.35. The van der Waals surface area contributed by atoms with Gasteiger partial charge in [-0.3, -0.25) is 9.59 Å². The number of anilines is 1. The van der Waals surface area contributed by atoms with Gasteiger partial charge in [0.25, 0.3) is 11.8 Å². The number of hydrogen-bond acceptors (Lipinski definition) is 3. The molecule has 1 aromatic carbocycles. The van der Waals surface area contributed by atoms with Crippen molar-refractivity contribution in [3.05, 3.63) is 51.4 Å². The quantitative estimate of drug-likeness (QED) is 0.904. The fourth-order valence-electron chi connectivity index (χ4n) is 3.06. The van der Waals surface area contributed by atoms with Crippen LogP contribution in [0.1, 0.15) is 50.1 Å². The van der Waals surface area contributed by atoms with Crippen LogP contribution in [0.3, 0.4) is 0 Å². The van der Waals surface area contributed by atoms with Gasteiger partial charge < -0.3 is 11.1 Å². The van der Waals surface area contributed by atoms with E-state index in [2.05, 4.69) is 12.2 Å². The van der Waals surface area contributed by atoms with Crippen LogP contribution in [0.4, 0.5) is 5.00 Å². The first kappa shape index (κ1) is 15.7. The van der Waals surface area contributed by atoms with E-state index in [0.717, 1.165) is 30.4 Å². The molecule has 2 amide bonds. The first-order chi connectivity index (χ1) is 11.0. The number of hydrogen-bond donors (Lipinski definition) is 2. The minimum Gasteiger partial charge on any atom is -0.365 e. The summed E-state index contributed by atoms with van der Waals surface area (Å²) in [4.78, 5) is 25.5. The molecule has 1 atom stereocenters. The van der Waals surface area contributed by atoms with Gasteiger partial charge in [0.2, 0.25) is 0 Å². The summed E-state index contributed by atoms with van der Waals surface area (Å²) in [5.74, 6) is -0.0679. The van der Waals surface area contributed by atoms with Crippen LogP contribution < -0.4 is 11.1 Å². The highest BCUT2D eigenvalue weighted by molar-refractivity contribution is 7.17. The summed E-state index contributed by atoms with van der Waals surface area (Å²) in [5, 5.41) is 3.47. The molecule has 2 aromatic rings. The van der Waals surface area contributed by atoms with E-state index >= 15 is 0 Å². The average molecular weight is 328 g/mol. The van der Waals surface area contributed by atoms with Gasteiger partial charge in [-0.05, 0) is 49.8 Å². The predicted molar refractivity (Wildman–Crippen MR) is 93.2 cm³/mol. The van der Waals surface area contributed by atoms with Crippen molar-refractivity contribution in [2.24, 2.45) is 11.7 Å². The number of fused-ring (bicyclic) bond motifs is 1. The Morgan fingerprint density at radius 1 is 1.35 bits per heavy atom. The molecule has 1 heterocycles. The Labute approximate surface area is 139 Å². The van der Waals surface area contributed by atoms with Crippen LogP contribution in [-0.2, 0) is 12.8 Å². The fraction of sp³-hybridized carbons (Fsp3) is 0.333. The maximum absolute atomic E-state index is 12.5. The maximum atomic E-state index is 12.5. The van der Waals surface area contributed by atoms with Gasteiger partial charge in [0.1, 0.15) is 5.00 Å². The van der Waals surface area contributed by atoms with Gasteiger partial charge >= 0.3 is 0 Å². The molecule has 1 aromatic heterocycles. The molecule has 4 nitrogen and oxygen atoms in total. The van der Waals surface area contributed by atoms with Crippen LogP contribution in [0.2, 0.25) is 0 Å². The standard InChI is InChI=1S/C18H20N2O2S/c1-10-4-3-5-12(8-10)17(22)20-18-15(16(19)21)13-7-6-11(2)9-14(13)23-18/h3-5,8,11H,6-7,9H2,1-2H3,(H2,19,21)(H,20,22)/t11-/m1/s1. The number of amides is 2. The topological polar surface area (TPSA) is 72.2 Å². The summed E-state index contributed by atoms with van der Waals surface area (Å²) in [6, 6.07) is 7.38. The minimum absolute atomic E-state index is 0.206. The van der Waals surface area contributed by atoms with Gasteiger partial charge in [-0.2, -0.15) is 0 Å². The molecular weight excluding hydrogens is 308 g/mol. The minimum atomic E-state index is -0.461. The third-order valence-electron chi connectivity index (χ3n) is 4.27. The first-order valence-electron chi connectivity index (χ1n) is 7.78. The normalized spacial score (nSPS) is 16.7. The van der Waals surface area contributed by atoms with Gasteiger partial charge in [0.15, 0.2) is 0 Å². The number of carbonyl (C=O) groups excluding carboxylic acids is 2. The van der Waals surface area contributed by atoms with Crippen LogP contribution >= 0.6 is 11.3 Å². The Bertz CT molecular complexity index is 779. The largest absolute Gasteiger partial charge is 0.365 e. The Balaban J connectivity index is 1.94. The van der Waals surface area contributed by atoms with Crippen molar-refractivity contribution < 1.29 is 9.59 Å². The highest BCUT2D eigenvalue weighted by Crippen LogP contribution is 2.39. The lowest BCUT2D eigenvalue weighted by molar-refractivity contribution is 0.1000. The molecule has 0 spiro atoms. The first-order valence-corrected chi connectivity index (χ1v) is 8.59. The smallest absolute Gasteiger partial charge is 0.256 e. The van der Waals surface area contributed by atoms with Crippen LogP contribution in [0.25, 0.3) is 0 Å². The molecule has 1 aliphatic rings. The van der Waals surface area contributed by atoms with Crippen molar-refractivity contribution >= 4 is 28.2 Å². The van der Waals surface area contributed by atoms with Gasteiger partial charge in [-0.15, -0.1) is 11.3 Å². The van der Waals surface area contributed by atoms with Crippen LogP contribution in [0.5, 0.6) is 0 Å². The number of nitrogens with two attached hydrogens (primary N) is 1. The third kappa shape index (κ3) is 3.15. The SMILES string of the molecule is Cc1cccc(C(=O)Nc2sc3c(c2C(N)=O)CC[C@@H](C)C3)c1. The molecule has 0 aliphatic heterocycles. The molecule has 23 heavy (non-hydrogen) atoms. The van der Waals surface area contributed by atoms with E-state index < -0.39 is 5.91 Å². The third-order valence-corrected chi connectivity index (χ3v) is 5.44. The maximum Gasteiger partial charge on any atom is 0.256 e. The van der Waals surface area contributed by atoms with Crippen molar-refractivity contribution in [1.82, 2.24) is 0 Å². The zero-order valence-electron chi connectivity index (χ0n) is 13.3. The summed E-state index contributed by atoms with van der Waals surface area (Å²) >= 11 is 1.49. The lowest BCUT2D eigenvalue weighted by Crippen LogP contribution is -2.19. The van der Waals surface area contributed by atoms with Crippen LogP contribution in [0, 0.1) is 12.8 Å². The second kappa shape index (κ2) is 6.16. The number of carbonyl (C=O) groups is 2. The summed E-state index contributed by atoms with van der Waals surface area (Å²) in [6.45, 7) is 4.15. The van der Waals surface area contributed by atoms with Gasteiger partial charge in [0, 0.05) is 10.4 Å². The van der Waals surface area contributed by atoms with Crippen molar-refractivity contribution in [2.75, 3.05) is 5.32 Å². The number of primary amides is 1. The lowest BCUT2D eigenvalue weighted by atomic mass is 9.88. The number of benzene rings is 1.